The number of rotatable bonds is 7. The van der Waals surface area contributed by atoms with Gasteiger partial charge in [-0.25, -0.2) is 4.39 Å². The van der Waals surface area contributed by atoms with Crippen LogP contribution in [0.25, 0.3) is 0 Å². The smallest absolute Gasteiger partial charge is 0.269 e. The topological polar surface area (TPSA) is 71.1 Å². The maximum Gasteiger partial charge on any atom is 0.269 e. The van der Waals surface area contributed by atoms with Crippen molar-refractivity contribution < 1.29 is 14.0 Å². The molecule has 0 bridgehead atoms. The van der Waals surface area contributed by atoms with Crippen molar-refractivity contribution in [2.24, 2.45) is 0 Å². The van der Waals surface area contributed by atoms with Crippen molar-refractivity contribution in [3.63, 3.8) is 0 Å². The second kappa shape index (κ2) is 9.41. The van der Waals surface area contributed by atoms with E-state index in [0.29, 0.717) is 24.1 Å². The number of halogens is 1. The van der Waals surface area contributed by atoms with Crippen molar-refractivity contribution >= 4 is 11.8 Å². The monoisotopic (exact) mass is 377 g/mol. The van der Waals surface area contributed by atoms with Crippen molar-refractivity contribution in [1.82, 2.24) is 15.6 Å². The molecule has 2 aromatic carbocycles. The molecule has 6 heteroatoms. The molecule has 0 aliphatic heterocycles. The lowest BCUT2D eigenvalue weighted by Gasteiger charge is -2.08. The predicted molar refractivity (Wildman–Crippen MR) is 104 cm³/mol. The van der Waals surface area contributed by atoms with Gasteiger partial charge in [0.15, 0.2) is 0 Å². The Balaban J connectivity index is 1.55. The summed E-state index contributed by atoms with van der Waals surface area (Å²) >= 11 is 0. The molecule has 0 saturated carbocycles. The summed E-state index contributed by atoms with van der Waals surface area (Å²) in [4.78, 5) is 28.6. The molecule has 0 atom stereocenters. The Hall–Kier alpha value is -3.54. The van der Waals surface area contributed by atoms with Crippen LogP contribution in [0.4, 0.5) is 4.39 Å². The zero-order chi connectivity index (χ0) is 19.8. The largest absolute Gasteiger partial charge is 0.350 e. The molecular formula is C22H20FN3O2. The van der Waals surface area contributed by atoms with E-state index in [0.717, 1.165) is 5.56 Å². The zero-order valence-corrected chi connectivity index (χ0v) is 15.2. The van der Waals surface area contributed by atoms with Gasteiger partial charge in [0.05, 0.1) is 0 Å². The van der Waals surface area contributed by atoms with Gasteiger partial charge in [-0.3, -0.25) is 14.6 Å². The van der Waals surface area contributed by atoms with Crippen LogP contribution in [-0.4, -0.2) is 23.3 Å². The van der Waals surface area contributed by atoms with Crippen LogP contribution in [0, 0.1) is 5.82 Å². The average Bonchev–Trinajstić information content (AvgIpc) is 2.74. The Morgan fingerprint density at radius 2 is 1.64 bits per heavy atom. The van der Waals surface area contributed by atoms with Crippen molar-refractivity contribution in [2.45, 2.75) is 13.0 Å². The molecule has 2 N–H and O–H groups in total. The summed E-state index contributed by atoms with van der Waals surface area (Å²) in [6.07, 6.45) is 1.79. The molecule has 2 amide bonds. The highest BCUT2D eigenvalue weighted by Crippen LogP contribution is 2.07. The second-order valence-corrected chi connectivity index (χ2v) is 6.20. The van der Waals surface area contributed by atoms with E-state index in [2.05, 4.69) is 15.6 Å². The Labute approximate surface area is 162 Å². The van der Waals surface area contributed by atoms with Gasteiger partial charge in [0.25, 0.3) is 11.8 Å². The molecule has 0 radical (unpaired) electrons. The van der Waals surface area contributed by atoms with E-state index in [1.807, 2.05) is 30.3 Å². The summed E-state index contributed by atoms with van der Waals surface area (Å²) < 4.78 is 13.6. The normalized spacial score (nSPS) is 10.3. The number of benzene rings is 2. The lowest BCUT2D eigenvalue weighted by atomic mass is 10.1. The van der Waals surface area contributed by atoms with E-state index in [1.165, 1.54) is 18.3 Å². The molecule has 142 valence electrons. The van der Waals surface area contributed by atoms with E-state index < -0.39 is 5.91 Å². The zero-order valence-electron chi connectivity index (χ0n) is 15.2. The number of nitrogens with zero attached hydrogens (tertiary/aromatic N) is 1. The number of carbonyl (C=O) groups excluding carboxylic acids is 2. The Morgan fingerprint density at radius 1 is 0.893 bits per heavy atom. The number of carbonyl (C=O) groups is 2. The standard InChI is InChI=1S/C22H20FN3O2/c23-19-9-5-4-8-17(19)10-13-25-22(28)20-14-18(11-12-24-20)21(27)26-15-16-6-2-1-3-7-16/h1-9,11-12,14H,10,13,15H2,(H,25,28)(H,26,27). The van der Waals surface area contributed by atoms with Crippen LogP contribution in [0.15, 0.2) is 72.9 Å². The highest BCUT2D eigenvalue weighted by atomic mass is 19.1. The summed E-state index contributed by atoms with van der Waals surface area (Å²) in [7, 11) is 0. The minimum absolute atomic E-state index is 0.140. The van der Waals surface area contributed by atoms with Gasteiger partial charge in [0, 0.05) is 24.8 Å². The summed E-state index contributed by atoms with van der Waals surface area (Å²) in [6.45, 7) is 0.665. The van der Waals surface area contributed by atoms with Gasteiger partial charge < -0.3 is 10.6 Å². The fourth-order valence-electron chi connectivity index (χ4n) is 2.68. The van der Waals surface area contributed by atoms with E-state index >= 15 is 0 Å². The van der Waals surface area contributed by atoms with Crippen molar-refractivity contribution in [2.75, 3.05) is 6.54 Å². The summed E-state index contributed by atoms with van der Waals surface area (Å²) in [5.74, 6) is -0.993. The number of amides is 2. The highest BCUT2D eigenvalue weighted by Gasteiger charge is 2.12. The number of pyridine rings is 1. The van der Waals surface area contributed by atoms with Gasteiger partial charge in [-0.2, -0.15) is 0 Å². The van der Waals surface area contributed by atoms with Crippen LogP contribution < -0.4 is 10.6 Å². The molecule has 1 aromatic heterocycles. The van der Waals surface area contributed by atoms with Gasteiger partial charge in [0.1, 0.15) is 11.5 Å². The lowest BCUT2D eigenvalue weighted by molar-refractivity contribution is 0.0949. The first-order valence-corrected chi connectivity index (χ1v) is 8.93. The van der Waals surface area contributed by atoms with E-state index in [4.69, 9.17) is 0 Å². The van der Waals surface area contributed by atoms with Gasteiger partial charge in [-0.15, -0.1) is 0 Å². The predicted octanol–water partition coefficient (Wildman–Crippen LogP) is 3.12. The number of aromatic nitrogens is 1. The maximum atomic E-state index is 13.6. The first kappa shape index (κ1) is 19.2. The Bertz CT molecular complexity index is 961. The summed E-state index contributed by atoms with van der Waals surface area (Å²) in [6, 6.07) is 19.0. The fraction of sp³-hybridized carbons (Fsp3) is 0.136. The Morgan fingerprint density at radius 3 is 2.43 bits per heavy atom. The molecule has 3 aromatic rings. The van der Waals surface area contributed by atoms with Gasteiger partial charge in [0.2, 0.25) is 0 Å². The molecule has 0 aliphatic rings. The number of nitrogens with one attached hydrogen (secondary N) is 2. The molecule has 0 spiro atoms. The van der Waals surface area contributed by atoms with Crippen LogP contribution in [0.2, 0.25) is 0 Å². The lowest BCUT2D eigenvalue weighted by Crippen LogP contribution is -2.28. The minimum Gasteiger partial charge on any atom is -0.350 e. The third kappa shape index (κ3) is 5.23. The van der Waals surface area contributed by atoms with Gasteiger partial charge in [-0.1, -0.05) is 48.5 Å². The molecule has 1 heterocycles. The highest BCUT2D eigenvalue weighted by molar-refractivity contribution is 5.98. The van der Waals surface area contributed by atoms with E-state index in [9.17, 15) is 14.0 Å². The summed E-state index contributed by atoms with van der Waals surface area (Å²) in [5.41, 5.74) is 2.01. The van der Waals surface area contributed by atoms with Crippen molar-refractivity contribution in [3.8, 4) is 0 Å². The molecule has 5 nitrogen and oxygen atoms in total. The minimum atomic E-state index is -0.408. The first-order valence-electron chi connectivity index (χ1n) is 8.93. The van der Waals surface area contributed by atoms with E-state index in [1.54, 1.807) is 24.3 Å². The molecule has 0 aliphatic carbocycles. The number of hydrogen-bond donors (Lipinski definition) is 2. The van der Waals surface area contributed by atoms with Crippen LogP contribution in [0.5, 0.6) is 0 Å². The summed E-state index contributed by atoms with van der Waals surface area (Å²) in [5, 5.41) is 5.51. The van der Waals surface area contributed by atoms with Gasteiger partial charge in [-0.05, 0) is 35.7 Å². The number of hydrogen-bond acceptors (Lipinski definition) is 3. The molecule has 0 saturated heterocycles. The van der Waals surface area contributed by atoms with Crippen LogP contribution in [0.1, 0.15) is 32.0 Å². The third-order valence-corrected chi connectivity index (χ3v) is 4.19. The molecule has 0 fully saturated rings. The third-order valence-electron chi connectivity index (χ3n) is 4.19. The van der Waals surface area contributed by atoms with Crippen LogP contribution >= 0.6 is 0 Å². The molecule has 0 unspecified atom stereocenters. The van der Waals surface area contributed by atoms with E-state index in [-0.39, 0.29) is 24.0 Å². The SMILES string of the molecule is O=C(NCc1ccccc1)c1ccnc(C(=O)NCCc2ccccc2F)c1. The quantitative estimate of drug-likeness (QED) is 0.665. The Kier molecular flexibility index (Phi) is 6.46. The van der Waals surface area contributed by atoms with Crippen LogP contribution in [-0.2, 0) is 13.0 Å². The van der Waals surface area contributed by atoms with Crippen molar-refractivity contribution in [3.05, 3.63) is 101 Å². The molecule has 3 rings (SSSR count). The molecule has 28 heavy (non-hydrogen) atoms. The second-order valence-electron chi connectivity index (χ2n) is 6.20. The molecular weight excluding hydrogens is 357 g/mol. The van der Waals surface area contributed by atoms with Crippen LogP contribution in [0.3, 0.4) is 0 Å². The fourth-order valence-corrected chi connectivity index (χ4v) is 2.68. The van der Waals surface area contributed by atoms with Crippen molar-refractivity contribution in [1.29, 1.82) is 0 Å². The first-order chi connectivity index (χ1) is 13.6. The van der Waals surface area contributed by atoms with Gasteiger partial charge >= 0.3 is 0 Å². The maximum absolute atomic E-state index is 13.6. The average molecular weight is 377 g/mol.